The Labute approximate surface area is 132 Å². The summed E-state index contributed by atoms with van der Waals surface area (Å²) in [5.74, 6) is -0.982. The summed E-state index contributed by atoms with van der Waals surface area (Å²) in [6, 6.07) is 2.88. The molecule has 0 atom stereocenters. The van der Waals surface area contributed by atoms with Gasteiger partial charge >= 0.3 is 5.97 Å². The Kier molecular flexibility index (Phi) is 4.64. The molecule has 0 radical (unpaired) electrons. The van der Waals surface area contributed by atoms with Crippen molar-refractivity contribution in [3.05, 3.63) is 27.7 Å². The van der Waals surface area contributed by atoms with Crippen LogP contribution < -0.4 is 10.1 Å². The van der Waals surface area contributed by atoms with Crippen LogP contribution in [0.4, 0.5) is 0 Å². The van der Waals surface area contributed by atoms with Gasteiger partial charge < -0.3 is 15.2 Å². The summed E-state index contributed by atoms with van der Waals surface area (Å²) >= 11 is 11.9. The van der Waals surface area contributed by atoms with E-state index in [2.05, 4.69) is 5.32 Å². The van der Waals surface area contributed by atoms with Crippen molar-refractivity contribution in [2.45, 2.75) is 19.3 Å². The van der Waals surface area contributed by atoms with E-state index in [1.807, 2.05) is 0 Å². The summed E-state index contributed by atoms with van der Waals surface area (Å²) in [6.45, 7) is 0.0996. The van der Waals surface area contributed by atoms with Crippen molar-refractivity contribution in [3.63, 3.8) is 0 Å². The molecule has 1 aliphatic rings. The minimum Gasteiger partial charge on any atom is -0.494 e. The zero-order valence-corrected chi connectivity index (χ0v) is 12.9. The zero-order chi connectivity index (χ0) is 15.6. The van der Waals surface area contributed by atoms with Crippen LogP contribution in [0.25, 0.3) is 0 Å². The van der Waals surface area contributed by atoms with Crippen molar-refractivity contribution in [2.24, 2.45) is 5.41 Å². The third-order valence-electron chi connectivity index (χ3n) is 3.82. The number of hydrogen-bond acceptors (Lipinski definition) is 3. The standard InChI is InChI=1S/C14H15Cl2NO4/c1-21-11-9(15)5-8(6-10(11)16)12(18)17-7-14(13(19)20)3-2-4-14/h5-6H,2-4,7H2,1H3,(H,17,18)(H,19,20). The Bertz CT molecular complexity index is 561. The van der Waals surface area contributed by atoms with E-state index in [0.717, 1.165) is 6.42 Å². The fourth-order valence-corrected chi connectivity index (χ4v) is 2.95. The van der Waals surface area contributed by atoms with Gasteiger partial charge in [-0.1, -0.05) is 29.6 Å². The summed E-state index contributed by atoms with van der Waals surface area (Å²) < 4.78 is 5.01. The van der Waals surface area contributed by atoms with Crippen LogP contribution in [-0.4, -0.2) is 30.6 Å². The molecule has 2 rings (SSSR count). The van der Waals surface area contributed by atoms with E-state index in [4.69, 9.17) is 27.9 Å². The van der Waals surface area contributed by atoms with Crippen LogP contribution >= 0.6 is 23.2 Å². The maximum Gasteiger partial charge on any atom is 0.311 e. The minimum absolute atomic E-state index is 0.0996. The van der Waals surface area contributed by atoms with Crippen molar-refractivity contribution >= 4 is 35.1 Å². The average molecular weight is 332 g/mol. The van der Waals surface area contributed by atoms with Gasteiger partial charge in [0.15, 0.2) is 5.75 Å². The zero-order valence-electron chi connectivity index (χ0n) is 11.4. The lowest BCUT2D eigenvalue weighted by atomic mass is 9.69. The van der Waals surface area contributed by atoms with Crippen molar-refractivity contribution in [2.75, 3.05) is 13.7 Å². The molecular formula is C14H15Cl2NO4. The second-order valence-electron chi connectivity index (χ2n) is 5.09. The summed E-state index contributed by atoms with van der Waals surface area (Å²) in [6.07, 6.45) is 2.02. The number of halogens is 2. The van der Waals surface area contributed by atoms with E-state index < -0.39 is 17.3 Å². The Balaban J connectivity index is 2.09. The monoisotopic (exact) mass is 331 g/mol. The van der Waals surface area contributed by atoms with Crippen LogP contribution in [-0.2, 0) is 4.79 Å². The van der Waals surface area contributed by atoms with E-state index in [9.17, 15) is 14.7 Å². The number of aliphatic carboxylic acids is 1. The first kappa shape index (κ1) is 15.9. The van der Waals surface area contributed by atoms with Gasteiger partial charge in [0.05, 0.1) is 22.6 Å². The van der Waals surface area contributed by atoms with E-state index in [-0.39, 0.29) is 22.2 Å². The number of methoxy groups -OCH3 is 1. The molecule has 5 nitrogen and oxygen atoms in total. The summed E-state index contributed by atoms with van der Waals surface area (Å²) in [7, 11) is 1.43. The summed E-state index contributed by atoms with van der Waals surface area (Å²) in [4.78, 5) is 23.3. The number of benzene rings is 1. The second kappa shape index (κ2) is 6.12. The third-order valence-corrected chi connectivity index (χ3v) is 4.38. The molecule has 0 aromatic heterocycles. The molecule has 0 saturated heterocycles. The van der Waals surface area contributed by atoms with Gasteiger partial charge in [0, 0.05) is 12.1 Å². The van der Waals surface area contributed by atoms with Gasteiger partial charge in [-0.2, -0.15) is 0 Å². The molecular weight excluding hydrogens is 317 g/mol. The molecule has 0 aliphatic heterocycles. The van der Waals surface area contributed by atoms with Crippen LogP contribution in [0.2, 0.25) is 10.0 Å². The van der Waals surface area contributed by atoms with Gasteiger partial charge in [-0.3, -0.25) is 9.59 Å². The van der Waals surface area contributed by atoms with Crippen molar-refractivity contribution in [1.29, 1.82) is 0 Å². The molecule has 21 heavy (non-hydrogen) atoms. The average Bonchev–Trinajstić information content (AvgIpc) is 2.36. The second-order valence-corrected chi connectivity index (χ2v) is 5.91. The van der Waals surface area contributed by atoms with E-state index >= 15 is 0 Å². The van der Waals surface area contributed by atoms with Gasteiger partial charge in [0.25, 0.3) is 5.91 Å². The summed E-state index contributed by atoms with van der Waals surface area (Å²) in [5.41, 5.74) is -0.568. The molecule has 1 aromatic rings. The highest BCUT2D eigenvalue weighted by Crippen LogP contribution is 2.40. The van der Waals surface area contributed by atoms with Gasteiger partial charge in [0.2, 0.25) is 0 Å². The number of carboxylic acid groups (broad SMARTS) is 1. The smallest absolute Gasteiger partial charge is 0.311 e. The van der Waals surface area contributed by atoms with Crippen molar-refractivity contribution in [1.82, 2.24) is 5.32 Å². The van der Waals surface area contributed by atoms with Crippen molar-refractivity contribution < 1.29 is 19.4 Å². The Morgan fingerprint density at radius 2 is 1.90 bits per heavy atom. The Morgan fingerprint density at radius 1 is 1.33 bits per heavy atom. The lowest BCUT2D eigenvalue weighted by Gasteiger charge is -2.37. The fourth-order valence-electron chi connectivity index (χ4n) is 2.31. The number of nitrogens with one attached hydrogen (secondary N) is 1. The third kappa shape index (κ3) is 3.09. The molecule has 1 saturated carbocycles. The molecule has 1 fully saturated rings. The number of carbonyl (C=O) groups excluding carboxylic acids is 1. The first-order chi connectivity index (χ1) is 9.89. The molecule has 114 valence electrons. The van der Waals surface area contributed by atoms with Crippen LogP contribution in [0.15, 0.2) is 12.1 Å². The van der Waals surface area contributed by atoms with E-state index in [0.29, 0.717) is 18.6 Å². The summed E-state index contributed by atoms with van der Waals surface area (Å²) in [5, 5.41) is 12.3. The normalized spacial score (nSPS) is 16.0. The highest BCUT2D eigenvalue weighted by molar-refractivity contribution is 6.37. The van der Waals surface area contributed by atoms with Crippen LogP contribution in [0.5, 0.6) is 5.75 Å². The maximum absolute atomic E-state index is 12.1. The lowest BCUT2D eigenvalue weighted by molar-refractivity contribution is -0.153. The Hall–Kier alpha value is -1.46. The largest absolute Gasteiger partial charge is 0.494 e. The lowest BCUT2D eigenvalue weighted by Crippen LogP contribution is -2.47. The Morgan fingerprint density at radius 3 is 2.29 bits per heavy atom. The first-order valence-electron chi connectivity index (χ1n) is 6.44. The molecule has 7 heteroatoms. The minimum atomic E-state index is -0.875. The number of amides is 1. The van der Waals surface area contributed by atoms with Crippen LogP contribution in [0.3, 0.4) is 0 Å². The van der Waals surface area contributed by atoms with Gasteiger partial charge in [-0.05, 0) is 25.0 Å². The van der Waals surface area contributed by atoms with Gasteiger partial charge in [-0.25, -0.2) is 0 Å². The molecule has 0 spiro atoms. The highest BCUT2D eigenvalue weighted by Gasteiger charge is 2.44. The highest BCUT2D eigenvalue weighted by atomic mass is 35.5. The molecule has 0 bridgehead atoms. The number of rotatable bonds is 5. The van der Waals surface area contributed by atoms with E-state index in [1.54, 1.807) is 0 Å². The maximum atomic E-state index is 12.1. The number of ether oxygens (including phenoxy) is 1. The van der Waals surface area contributed by atoms with Crippen LogP contribution in [0.1, 0.15) is 29.6 Å². The first-order valence-corrected chi connectivity index (χ1v) is 7.20. The number of hydrogen-bond donors (Lipinski definition) is 2. The SMILES string of the molecule is COc1c(Cl)cc(C(=O)NCC2(C(=O)O)CCC2)cc1Cl. The van der Waals surface area contributed by atoms with E-state index in [1.165, 1.54) is 19.2 Å². The predicted octanol–water partition coefficient (Wildman–Crippen LogP) is 2.99. The number of carbonyl (C=O) groups is 2. The molecule has 0 heterocycles. The van der Waals surface area contributed by atoms with Crippen LogP contribution in [0, 0.1) is 5.41 Å². The molecule has 1 amide bonds. The van der Waals surface area contributed by atoms with Gasteiger partial charge in [0.1, 0.15) is 0 Å². The molecule has 2 N–H and O–H groups in total. The van der Waals surface area contributed by atoms with Gasteiger partial charge in [-0.15, -0.1) is 0 Å². The molecule has 1 aromatic carbocycles. The van der Waals surface area contributed by atoms with Crippen molar-refractivity contribution in [3.8, 4) is 5.75 Å². The molecule has 0 unspecified atom stereocenters. The topological polar surface area (TPSA) is 75.6 Å². The molecule has 1 aliphatic carbocycles. The predicted molar refractivity (Wildman–Crippen MR) is 79.3 cm³/mol. The number of carboxylic acids is 1. The quantitative estimate of drug-likeness (QED) is 0.869. The fraction of sp³-hybridized carbons (Fsp3) is 0.429.